The first-order chi connectivity index (χ1) is 10.8. The molecule has 22 heavy (non-hydrogen) atoms. The Morgan fingerprint density at radius 2 is 1.73 bits per heavy atom. The molecule has 2 aromatic carbocycles. The molecule has 0 saturated carbocycles. The van der Waals surface area contributed by atoms with Gasteiger partial charge >= 0.3 is 0 Å². The first kappa shape index (κ1) is 14.5. The van der Waals surface area contributed by atoms with Crippen molar-refractivity contribution in [1.29, 1.82) is 0 Å². The lowest BCUT2D eigenvalue weighted by Crippen LogP contribution is -2.16. The van der Waals surface area contributed by atoms with Gasteiger partial charge in [-0.1, -0.05) is 48.0 Å². The van der Waals surface area contributed by atoms with Crippen LogP contribution in [0, 0.1) is 6.92 Å². The fourth-order valence-electron chi connectivity index (χ4n) is 2.21. The summed E-state index contributed by atoms with van der Waals surface area (Å²) >= 11 is 0. The van der Waals surface area contributed by atoms with Gasteiger partial charge in [-0.15, -0.1) is 10.2 Å². The number of aromatic nitrogens is 2. The number of benzene rings is 2. The SMILES string of the molecule is Cc1ccc(-c2nnc(CNCCc3ccccc3)o2)cc1. The zero-order chi connectivity index (χ0) is 15.2. The number of hydrogen-bond acceptors (Lipinski definition) is 4. The molecule has 0 spiro atoms. The molecule has 0 aliphatic carbocycles. The van der Waals surface area contributed by atoms with Crippen LogP contribution in [0.25, 0.3) is 11.5 Å². The van der Waals surface area contributed by atoms with Crippen LogP contribution in [-0.4, -0.2) is 16.7 Å². The summed E-state index contributed by atoms with van der Waals surface area (Å²) in [5.41, 5.74) is 3.49. The minimum atomic E-state index is 0.569. The second-order valence-electron chi connectivity index (χ2n) is 5.28. The van der Waals surface area contributed by atoms with Crippen molar-refractivity contribution in [2.75, 3.05) is 6.54 Å². The van der Waals surface area contributed by atoms with E-state index in [0.29, 0.717) is 18.3 Å². The Balaban J connectivity index is 1.50. The highest BCUT2D eigenvalue weighted by Gasteiger charge is 2.07. The van der Waals surface area contributed by atoms with Crippen molar-refractivity contribution in [2.45, 2.75) is 19.9 Å². The van der Waals surface area contributed by atoms with Gasteiger partial charge in [0.05, 0.1) is 6.54 Å². The smallest absolute Gasteiger partial charge is 0.247 e. The monoisotopic (exact) mass is 293 g/mol. The predicted molar refractivity (Wildman–Crippen MR) is 86.3 cm³/mol. The summed E-state index contributed by atoms with van der Waals surface area (Å²) in [6.45, 7) is 3.53. The predicted octanol–water partition coefficient (Wildman–Crippen LogP) is 3.38. The Hall–Kier alpha value is -2.46. The Morgan fingerprint density at radius 3 is 2.50 bits per heavy atom. The van der Waals surface area contributed by atoms with Crippen LogP contribution in [0.2, 0.25) is 0 Å². The van der Waals surface area contributed by atoms with Crippen molar-refractivity contribution < 1.29 is 4.42 Å². The molecule has 0 fully saturated rings. The van der Waals surface area contributed by atoms with Gasteiger partial charge in [-0.25, -0.2) is 0 Å². The van der Waals surface area contributed by atoms with E-state index < -0.39 is 0 Å². The van der Waals surface area contributed by atoms with Gasteiger partial charge in [0.15, 0.2) is 0 Å². The van der Waals surface area contributed by atoms with Crippen LogP contribution in [0.3, 0.4) is 0 Å². The first-order valence-corrected chi connectivity index (χ1v) is 7.45. The molecule has 0 aliphatic heterocycles. The van der Waals surface area contributed by atoms with Gasteiger partial charge in [0.2, 0.25) is 11.8 Å². The second kappa shape index (κ2) is 7.00. The molecule has 0 saturated heterocycles. The zero-order valence-corrected chi connectivity index (χ0v) is 12.6. The summed E-state index contributed by atoms with van der Waals surface area (Å²) in [6.07, 6.45) is 0.986. The fourth-order valence-corrected chi connectivity index (χ4v) is 2.21. The largest absolute Gasteiger partial charge is 0.419 e. The van der Waals surface area contributed by atoms with Gasteiger partial charge in [0.25, 0.3) is 0 Å². The van der Waals surface area contributed by atoms with Crippen LogP contribution in [0.4, 0.5) is 0 Å². The maximum atomic E-state index is 5.68. The van der Waals surface area contributed by atoms with Crippen molar-refractivity contribution in [3.05, 3.63) is 71.6 Å². The molecule has 4 nitrogen and oxygen atoms in total. The number of hydrogen-bond donors (Lipinski definition) is 1. The molecule has 1 N–H and O–H groups in total. The van der Waals surface area contributed by atoms with Gasteiger partial charge in [-0.05, 0) is 37.6 Å². The Kier molecular flexibility index (Phi) is 4.61. The topological polar surface area (TPSA) is 51.0 Å². The third-order valence-corrected chi connectivity index (χ3v) is 3.47. The van der Waals surface area contributed by atoms with Crippen molar-refractivity contribution in [3.8, 4) is 11.5 Å². The highest BCUT2D eigenvalue weighted by Crippen LogP contribution is 2.18. The molecular formula is C18H19N3O. The van der Waals surface area contributed by atoms with Crippen LogP contribution in [0.15, 0.2) is 59.0 Å². The van der Waals surface area contributed by atoms with Gasteiger partial charge < -0.3 is 9.73 Å². The molecule has 0 aliphatic rings. The van der Waals surface area contributed by atoms with Crippen LogP contribution in [0.1, 0.15) is 17.0 Å². The third-order valence-electron chi connectivity index (χ3n) is 3.47. The molecule has 112 valence electrons. The van der Waals surface area contributed by atoms with E-state index in [1.165, 1.54) is 11.1 Å². The lowest BCUT2D eigenvalue weighted by atomic mass is 10.1. The zero-order valence-electron chi connectivity index (χ0n) is 12.6. The van der Waals surface area contributed by atoms with Crippen LogP contribution < -0.4 is 5.32 Å². The highest BCUT2D eigenvalue weighted by atomic mass is 16.4. The Bertz CT molecular complexity index is 705. The maximum Gasteiger partial charge on any atom is 0.247 e. The summed E-state index contributed by atoms with van der Waals surface area (Å²) in [5.74, 6) is 1.18. The average Bonchev–Trinajstić information content (AvgIpc) is 3.02. The van der Waals surface area contributed by atoms with Crippen LogP contribution >= 0.6 is 0 Å². The van der Waals surface area contributed by atoms with Crippen molar-refractivity contribution in [1.82, 2.24) is 15.5 Å². The summed E-state index contributed by atoms with van der Waals surface area (Å²) in [4.78, 5) is 0. The standard InChI is InChI=1S/C18H19N3O/c1-14-7-9-16(10-8-14)18-21-20-17(22-18)13-19-12-11-15-5-3-2-4-6-15/h2-10,19H,11-13H2,1H3. The molecule has 0 unspecified atom stereocenters. The molecule has 1 heterocycles. The number of nitrogens with zero attached hydrogens (tertiary/aromatic N) is 2. The van der Waals surface area contributed by atoms with E-state index in [0.717, 1.165) is 18.5 Å². The number of aryl methyl sites for hydroxylation is 1. The molecule has 0 bridgehead atoms. The van der Waals surface area contributed by atoms with E-state index >= 15 is 0 Å². The normalized spacial score (nSPS) is 10.8. The highest BCUT2D eigenvalue weighted by molar-refractivity contribution is 5.52. The van der Waals surface area contributed by atoms with Gasteiger partial charge in [0, 0.05) is 5.56 Å². The van der Waals surface area contributed by atoms with Gasteiger partial charge in [0.1, 0.15) is 0 Å². The lowest BCUT2D eigenvalue weighted by Gasteiger charge is -2.02. The second-order valence-corrected chi connectivity index (χ2v) is 5.28. The average molecular weight is 293 g/mol. The van der Waals surface area contributed by atoms with Gasteiger partial charge in [-0.2, -0.15) is 0 Å². The lowest BCUT2D eigenvalue weighted by molar-refractivity contribution is 0.478. The minimum Gasteiger partial charge on any atom is -0.419 e. The number of nitrogens with one attached hydrogen (secondary N) is 1. The number of rotatable bonds is 6. The molecule has 1 aromatic heterocycles. The van der Waals surface area contributed by atoms with Crippen molar-refractivity contribution in [3.63, 3.8) is 0 Å². The van der Waals surface area contributed by atoms with E-state index in [9.17, 15) is 0 Å². The van der Waals surface area contributed by atoms with Crippen molar-refractivity contribution >= 4 is 0 Å². The molecular weight excluding hydrogens is 274 g/mol. The van der Waals surface area contributed by atoms with E-state index in [1.54, 1.807) is 0 Å². The fraction of sp³-hybridized carbons (Fsp3) is 0.222. The molecule has 3 aromatic rings. The van der Waals surface area contributed by atoms with E-state index in [4.69, 9.17) is 4.42 Å². The molecule has 0 amide bonds. The summed E-state index contributed by atoms with van der Waals surface area (Å²) in [5, 5.41) is 11.5. The summed E-state index contributed by atoms with van der Waals surface area (Å²) in [6, 6.07) is 18.5. The molecule has 4 heteroatoms. The molecule has 0 atom stereocenters. The van der Waals surface area contributed by atoms with Gasteiger partial charge in [-0.3, -0.25) is 0 Å². The minimum absolute atomic E-state index is 0.569. The van der Waals surface area contributed by atoms with E-state index in [2.05, 4.69) is 46.7 Å². The van der Waals surface area contributed by atoms with Crippen LogP contribution in [0.5, 0.6) is 0 Å². The maximum absolute atomic E-state index is 5.68. The van der Waals surface area contributed by atoms with E-state index in [1.807, 2.05) is 30.3 Å². The first-order valence-electron chi connectivity index (χ1n) is 7.45. The Morgan fingerprint density at radius 1 is 0.955 bits per heavy atom. The van der Waals surface area contributed by atoms with Crippen molar-refractivity contribution in [2.24, 2.45) is 0 Å². The summed E-state index contributed by atoms with van der Waals surface area (Å²) < 4.78 is 5.68. The quantitative estimate of drug-likeness (QED) is 0.708. The summed E-state index contributed by atoms with van der Waals surface area (Å²) in [7, 11) is 0. The van der Waals surface area contributed by atoms with Crippen LogP contribution in [-0.2, 0) is 13.0 Å². The molecule has 3 rings (SSSR count). The Labute approximate surface area is 130 Å². The van der Waals surface area contributed by atoms with E-state index in [-0.39, 0.29) is 0 Å². The third kappa shape index (κ3) is 3.80. The molecule has 0 radical (unpaired) electrons.